The van der Waals surface area contributed by atoms with Crippen LogP contribution in [0.3, 0.4) is 0 Å². The zero-order chi connectivity index (χ0) is 13.8. The second-order valence-corrected chi connectivity index (χ2v) is 6.26. The van der Waals surface area contributed by atoms with Crippen molar-refractivity contribution in [3.8, 4) is 0 Å². The van der Waals surface area contributed by atoms with Crippen molar-refractivity contribution >= 4 is 0 Å². The number of hydrogen-bond donors (Lipinski definition) is 1. The smallest absolute Gasteiger partial charge is 0.0762 e. The normalized spacial score (nSPS) is 20.1. The van der Waals surface area contributed by atoms with E-state index in [0.29, 0.717) is 6.04 Å². The van der Waals surface area contributed by atoms with Crippen LogP contribution in [0, 0.1) is 0 Å². The summed E-state index contributed by atoms with van der Waals surface area (Å²) in [5.41, 5.74) is 1.19. The molecule has 1 N–H and O–H groups in total. The van der Waals surface area contributed by atoms with Crippen LogP contribution in [0.4, 0.5) is 0 Å². The molecule has 2 aliphatic rings. The Labute approximate surface area is 122 Å². The van der Waals surface area contributed by atoms with Crippen LogP contribution in [0.15, 0.2) is 12.3 Å². The number of nitrogens with one attached hydrogen (secondary N) is 1. The molecule has 112 valence electrons. The van der Waals surface area contributed by atoms with Gasteiger partial charge in [0.2, 0.25) is 0 Å². The summed E-state index contributed by atoms with van der Waals surface area (Å²) in [7, 11) is 0. The fourth-order valence-electron chi connectivity index (χ4n) is 3.32. The second kappa shape index (κ2) is 6.72. The van der Waals surface area contributed by atoms with Gasteiger partial charge in [-0.3, -0.25) is 9.58 Å². The van der Waals surface area contributed by atoms with Crippen molar-refractivity contribution in [3.05, 3.63) is 18.0 Å². The van der Waals surface area contributed by atoms with E-state index in [2.05, 4.69) is 34.1 Å². The Hall–Kier alpha value is -0.870. The van der Waals surface area contributed by atoms with Gasteiger partial charge in [-0.2, -0.15) is 5.10 Å². The van der Waals surface area contributed by atoms with E-state index >= 15 is 0 Å². The van der Waals surface area contributed by atoms with Crippen LogP contribution in [-0.2, 0) is 6.54 Å². The first-order chi connectivity index (χ1) is 9.86. The third-order valence-corrected chi connectivity index (χ3v) is 4.71. The summed E-state index contributed by atoms with van der Waals surface area (Å²) in [6.45, 7) is 6.59. The van der Waals surface area contributed by atoms with Crippen molar-refractivity contribution in [2.75, 3.05) is 19.6 Å². The van der Waals surface area contributed by atoms with Crippen LogP contribution < -0.4 is 5.32 Å². The molecule has 20 heavy (non-hydrogen) atoms. The monoisotopic (exact) mass is 276 g/mol. The molecule has 2 aliphatic carbocycles. The lowest BCUT2D eigenvalue weighted by atomic mass is 10.3. The Bertz CT molecular complexity index is 404. The van der Waals surface area contributed by atoms with Gasteiger partial charge in [-0.15, -0.1) is 0 Å². The predicted octanol–water partition coefficient (Wildman–Crippen LogP) is 2.57. The second-order valence-electron chi connectivity index (χ2n) is 6.26. The van der Waals surface area contributed by atoms with Gasteiger partial charge in [0.1, 0.15) is 0 Å². The average Bonchev–Trinajstić information content (AvgIpc) is 2.98. The van der Waals surface area contributed by atoms with Crippen LogP contribution in [0.25, 0.3) is 0 Å². The summed E-state index contributed by atoms with van der Waals surface area (Å²) < 4.78 is 2.19. The highest BCUT2D eigenvalue weighted by Gasteiger charge is 2.27. The SMILES string of the molecule is CCN(CCNCc1ccn(C2CCCC2)n1)C1CC1. The van der Waals surface area contributed by atoms with Gasteiger partial charge in [-0.05, 0) is 38.3 Å². The Morgan fingerprint density at radius 2 is 2.10 bits per heavy atom. The molecule has 2 fully saturated rings. The first-order valence-electron chi connectivity index (χ1n) is 8.35. The fraction of sp³-hybridized carbons (Fsp3) is 0.812. The average molecular weight is 276 g/mol. The minimum atomic E-state index is 0.661. The minimum absolute atomic E-state index is 0.661. The molecule has 4 nitrogen and oxygen atoms in total. The summed E-state index contributed by atoms with van der Waals surface area (Å²) in [5.74, 6) is 0. The first-order valence-corrected chi connectivity index (χ1v) is 8.35. The Morgan fingerprint density at radius 1 is 1.30 bits per heavy atom. The van der Waals surface area contributed by atoms with Crippen LogP contribution in [0.5, 0.6) is 0 Å². The van der Waals surface area contributed by atoms with Crippen molar-refractivity contribution in [2.45, 2.75) is 64.1 Å². The molecular weight excluding hydrogens is 248 g/mol. The molecule has 0 spiro atoms. The van der Waals surface area contributed by atoms with E-state index in [-0.39, 0.29) is 0 Å². The van der Waals surface area contributed by atoms with E-state index in [4.69, 9.17) is 5.10 Å². The number of hydrogen-bond acceptors (Lipinski definition) is 3. The van der Waals surface area contributed by atoms with Gasteiger partial charge in [0.05, 0.1) is 11.7 Å². The lowest BCUT2D eigenvalue weighted by Crippen LogP contribution is -2.33. The fourth-order valence-corrected chi connectivity index (χ4v) is 3.32. The van der Waals surface area contributed by atoms with Crippen LogP contribution in [0.1, 0.15) is 57.2 Å². The summed E-state index contributed by atoms with van der Waals surface area (Å²) in [6.07, 6.45) is 10.3. The van der Waals surface area contributed by atoms with Gasteiger partial charge in [0, 0.05) is 31.9 Å². The maximum atomic E-state index is 4.72. The first kappa shape index (κ1) is 14.1. The lowest BCUT2D eigenvalue weighted by Gasteiger charge is -2.19. The van der Waals surface area contributed by atoms with Gasteiger partial charge >= 0.3 is 0 Å². The van der Waals surface area contributed by atoms with E-state index < -0.39 is 0 Å². The summed E-state index contributed by atoms with van der Waals surface area (Å²) >= 11 is 0. The maximum Gasteiger partial charge on any atom is 0.0762 e. The molecule has 0 aromatic carbocycles. The molecule has 0 unspecified atom stereocenters. The zero-order valence-corrected chi connectivity index (χ0v) is 12.7. The van der Waals surface area contributed by atoms with Crippen molar-refractivity contribution in [3.63, 3.8) is 0 Å². The lowest BCUT2D eigenvalue weighted by molar-refractivity contribution is 0.276. The van der Waals surface area contributed by atoms with Crippen molar-refractivity contribution < 1.29 is 0 Å². The Morgan fingerprint density at radius 3 is 2.80 bits per heavy atom. The van der Waals surface area contributed by atoms with Gasteiger partial charge in [-0.1, -0.05) is 19.8 Å². The van der Waals surface area contributed by atoms with Crippen LogP contribution >= 0.6 is 0 Å². The van der Waals surface area contributed by atoms with Crippen molar-refractivity contribution in [2.24, 2.45) is 0 Å². The van der Waals surface area contributed by atoms with Gasteiger partial charge in [0.25, 0.3) is 0 Å². The highest BCUT2D eigenvalue weighted by Crippen LogP contribution is 2.28. The molecule has 0 radical (unpaired) electrons. The van der Waals surface area contributed by atoms with Gasteiger partial charge in [0.15, 0.2) is 0 Å². The van der Waals surface area contributed by atoms with Crippen molar-refractivity contribution in [1.29, 1.82) is 0 Å². The zero-order valence-electron chi connectivity index (χ0n) is 12.7. The van der Waals surface area contributed by atoms with E-state index in [9.17, 15) is 0 Å². The molecule has 0 saturated heterocycles. The number of nitrogens with zero attached hydrogens (tertiary/aromatic N) is 3. The minimum Gasteiger partial charge on any atom is -0.310 e. The van der Waals surface area contributed by atoms with Gasteiger partial charge < -0.3 is 5.32 Å². The molecule has 1 aromatic rings. The third kappa shape index (κ3) is 3.61. The molecule has 3 rings (SSSR count). The highest BCUT2D eigenvalue weighted by atomic mass is 15.3. The Kier molecular flexibility index (Phi) is 4.73. The Balaban J connectivity index is 1.37. The molecule has 0 atom stereocenters. The molecule has 0 aliphatic heterocycles. The third-order valence-electron chi connectivity index (χ3n) is 4.71. The molecule has 4 heteroatoms. The summed E-state index contributed by atoms with van der Waals surface area (Å²) in [4.78, 5) is 2.59. The molecule has 1 heterocycles. The largest absolute Gasteiger partial charge is 0.310 e. The standard InChI is InChI=1S/C16H28N4/c1-2-19(15-7-8-15)12-10-17-13-14-9-11-20(18-14)16-5-3-4-6-16/h9,11,15-17H,2-8,10,12-13H2,1H3. The molecule has 2 saturated carbocycles. The number of likely N-dealkylation sites (N-methyl/N-ethyl adjacent to an activating group) is 1. The summed E-state index contributed by atoms with van der Waals surface area (Å²) in [5, 5.41) is 8.25. The maximum absolute atomic E-state index is 4.72. The van der Waals surface area contributed by atoms with Gasteiger partial charge in [-0.25, -0.2) is 0 Å². The van der Waals surface area contributed by atoms with E-state index in [1.54, 1.807) is 0 Å². The quantitative estimate of drug-likeness (QED) is 0.741. The van der Waals surface area contributed by atoms with E-state index in [0.717, 1.165) is 19.1 Å². The van der Waals surface area contributed by atoms with Crippen LogP contribution in [0.2, 0.25) is 0 Å². The van der Waals surface area contributed by atoms with E-state index in [1.807, 2.05) is 0 Å². The van der Waals surface area contributed by atoms with E-state index in [1.165, 1.54) is 57.3 Å². The molecule has 0 bridgehead atoms. The molecular formula is C16H28N4. The topological polar surface area (TPSA) is 33.1 Å². The predicted molar refractivity (Wildman–Crippen MR) is 81.7 cm³/mol. The number of aromatic nitrogens is 2. The summed E-state index contributed by atoms with van der Waals surface area (Å²) in [6, 6.07) is 3.71. The molecule has 1 aromatic heterocycles. The van der Waals surface area contributed by atoms with Crippen LogP contribution in [-0.4, -0.2) is 40.4 Å². The highest BCUT2D eigenvalue weighted by molar-refractivity contribution is 5.00. The van der Waals surface area contributed by atoms with Crippen molar-refractivity contribution in [1.82, 2.24) is 20.0 Å². The number of rotatable bonds is 8. The molecule has 0 amide bonds.